The number of nitrogens with zero attached hydrogens (tertiary/aromatic N) is 3. The minimum absolute atomic E-state index is 0.0829. The molecule has 2 atom stereocenters. The summed E-state index contributed by atoms with van der Waals surface area (Å²) in [5.41, 5.74) is 4.27. The molecule has 3 heterocycles. The Morgan fingerprint density at radius 1 is 0.944 bits per heavy atom. The molecule has 0 spiro atoms. The highest BCUT2D eigenvalue weighted by atomic mass is 32.1. The van der Waals surface area contributed by atoms with Crippen molar-refractivity contribution in [3.8, 4) is 22.8 Å². The van der Waals surface area contributed by atoms with Gasteiger partial charge in [0.15, 0.2) is 5.13 Å². The Labute approximate surface area is 216 Å². The lowest BCUT2D eigenvalue weighted by molar-refractivity contribution is 0.116. The Kier molecular flexibility index (Phi) is 6.86. The molecule has 2 aromatic heterocycles. The lowest BCUT2D eigenvalue weighted by atomic mass is 9.93. The van der Waals surface area contributed by atoms with E-state index in [4.69, 9.17) is 9.72 Å². The van der Waals surface area contributed by atoms with E-state index in [-0.39, 0.29) is 12.1 Å². The van der Waals surface area contributed by atoms with E-state index in [1.165, 1.54) is 31.5 Å². The first kappa shape index (κ1) is 23.4. The molecule has 2 N–H and O–H groups in total. The molecule has 0 unspecified atom stereocenters. The van der Waals surface area contributed by atoms with Crippen LogP contribution in [-0.4, -0.2) is 45.2 Å². The summed E-state index contributed by atoms with van der Waals surface area (Å²) in [5, 5.41) is 14.6. The number of anilines is 1. The summed E-state index contributed by atoms with van der Waals surface area (Å²) in [6.07, 6.45) is 8.21. The van der Waals surface area contributed by atoms with Crippen molar-refractivity contribution in [2.75, 3.05) is 18.4 Å². The van der Waals surface area contributed by atoms with Gasteiger partial charge in [0.1, 0.15) is 11.5 Å². The fraction of sp³-hybridized carbons (Fsp3) is 0.379. The van der Waals surface area contributed by atoms with E-state index in [1.54, 1.807) is 17.5 Å². The fourth-order valence-corrected chi connectivity index (χ4v) is 6.17. The maximum Gasteiger partial charge on any atom is 0.184 e. The van der Waals surface area contributed by atoms with Crippen LogP contribution in [0.1, 0.15) is 44.1 Å². The number of benzene rings is 2. The maximum absolute atomic E-state index is 10.3. The van der Waals surface area contributed by atoms with Crippen LogP contribution in [0.25, 0.3) is 21.5 Å². The number of fused-ring (bicyclic) bond motifs is 1. The van der Waals surface area contributed by atoms with Gasteiger partial charge in [0.25, 0.3) is 0 Å². The molecule has 6 nitrogen and oxygen atoms in total. The van der Waals surface area contributed by atoms with Crippen molar-refractivity contribution in [2.24, 2.45) is 0 Å². The van der Waals surface area contributed by atoms with E-state index >= 15 is 0 Å². The highest BCUT2D eigenvalue weighted by Gasteiger charge is 2.23. The number of ether oxygens (including phenoxy) is 1. The SMILES string of the molecule is O[C@@H]1CCCC[C@H]1Nc1nc2ccc(Oc3ccnc(-c4ccc(CN5CCCC5)cc4)c3)cc2s1. The summed E-state index contributed by atoms with van der Waals surface area (Å²) in [4.78, 5) is 11.8. The van der Waals surface area contributed by atoms with Crippen molar-refractivity contribution in [1.29, 1.82) is 0 Å². The second kappa shape index (κ2) is 10.5. The topological polar surface area (TPSA) is 70.5 Å². The first-order valence-corrected chi connectivity index (χ1v) is 13.8. The zero-order valence-electron chi connectivity index (χ0n) is 20.4. The Hall–Kier alpha value is -3.00. The summed E-state index contributed by atoms with van der Waals surface area (Å²) < 4.78 is 7.27. The third-order valence-corrected chi connectivity index (χ3v) is 8.17. The predicted molar refractivity (Wildman–Crippen MR) is 146 cm³/mol. The molecular formula is C29H32N4O2S. The number of aliphatic hydroxyl groups is 1. The molecule has 4 aromatic rings. The van der Waals surface area contributed by atoms with E-state index in [0.717, 1.165) is 70.3 Å². The van der Waals surface area contributed by atoms with Gasteiger partial charge in [-0.25, -0.2) is 4.98 Å². The average molecular weight is 501 g/mol. The fourth-order valence-electron chi connectivity index (χ4n) is 5.22. The van der Waals surface area contributed by atoms with Gasteiger partial charge in [-0.05, 0) is 62.5 Å². The van der Waals surface area contributed by atoms with Gasteiger partial charge in [-0.1, -0.05) is 48.4 Å². The van der Waals surface area contributed by atoms with Crippen molar-refractivity contribution >= 4 is 26.7 Å². The van der Waals surface area contributed by atoms with Crippen LogP contribution < -0.4 is 10.1 Å². The van der Waals surface area contributed by atoms with Crippen molar-refractivity contribution in [3.63, 3.8) is 0 Å². The average Bonchev–Trinajstić information content (AvgIpc) is 3.55. The number of hydrogen-bond donors (Lipinski definition) is 2. The third kappa shape index (κ3) is 5.38. The largest absolute Gasteiger partial charge is 0.457 e. The van der Waals surface area contributed by atoms with Crippen LogP contribution in [0.2, 0.25) is 0 Å². The van der Waals surface area contributed by atoms with Crippen molar-refractivity contribution in [2.45, 2.75) is 57.2 Å². The first-order valence-electron chi connectivity index (χ1n) is 13.0. The molecule has 0 amide bonds. The molecule has 2 aliphatic rings. The van der Waals surface area contributed by atoms with Gasteiger partial charge in [-0.15, -0.1) is 0 Å². The van der Waals surface area contributed by atoms with Crippen LogP contribution in [0, 0.1) is 0 Å². The van der Waals surface area contributed by atoms with Gasteiger partial charge >= 0.3 is 0 Å². The summed E-state index contributed by atoms with van der Waals surface area (Å²) in [7, 11) is 0. The van der Waals surface area contributed by atoms with Crippen LogP contribution in [0.5, 0.6) is 11.5 Å². The molecule has 0 radical (unpaired) electrons. The summed E-state index contributed by atoms with van der Waals surface area (Å²) in [5.74, 6) is 1.53. The monoisotopic (exact) mass is 500 g/mol. The Morgan fingerprint density at radius 2 is 1.75 bits per heavy atom. The molecule has 186 valence electrons. The first-order chi connectivity index (χ1) is 17.7. The number of aliphatic hydroxyl groups excluding tert-OH is 1. The number of aromatic nitrogens is 2. The van der Waals surface area contributed by atoms with E-state index < -0.39 is 0 Å². The van der Waals surface area contributed by atoms with Gasteiger partial charge in [-0.3, -0.25) is 9.88 Å². The predicted octanol–water partition coefficient (Wildman–Crippen LogP) is 6.46. The summed E-state index contributed by atoms with van der Waals surface area (Å²) >= 11 is 1.60. The molecule has 1 saturated heterocycles. The zero-order chi connectivity index (χ0) is 24.3. The zero-order valence-corrected chi connectivity index (χ0v) is 21.2. The normalized spacial score (nSPS) is 20.6. The highest BCUT2D eigenvalue weighted by Crippen LogP contribution is 2.33. The maximum atomic E-state index is 10.3. The molecule has 0 bridgehead atoms. The minimum atomic E-state index is -0.299. The lowest BCUT2D eigenvalue weighted by Crippen LogP contribution is -2.36. The third-order valence-electron chi connectivity index (χ3n) is 7.22. The van der Waals surface area contributed by atoms with Crippen molar-refractivity contribution < 1.29 is 9.84 Å². The van der Waals surface area contributed by atoms with Gasteiger partial charge in [-0.2, -0.15) is 0 Å². The van der Waals surface area contributed by atoms with E-state index in [1.807, 2.05) is 30.3 Å². The number of pyridine rings is 1. The van der Waals surface area contributed by atoms with Crippen LogP contribution in [-0.2, 0) is 6.54 Å². The van der Waals surface area contributed by atoms with E-state index in [2.05, 4.69) is 39.5 Å². The van der Waals surface area contributed by atoms with Gasteiger partial charge in [0.2, 0.25) is 0 Å². The quantitative estimate of drug-likeness (QED) is 0.303. The number of nitrogens with one attached hydrogen (secondary N) is 1. The van der Waals surface area contributed by atoms with Gasteiger partial charge < -0.3 is 15.2 Å². The standard InChI is InChI=1S/C29H32N4O2S/c34-27-6-2-1-5-24(27)31-29-32-25-12-11-22(18-28(25)36-29)35-23-13-14-30-26(17-23)21-9-7-20(8-10-21)19-33-15-3-4-16-33/h7-14,17-18,24,27,34H,1-6,15-16,19H2,(H,31,32)/t24-,27-/m1/s1. The van der Waals surface area contributed by atoms with Crippen LogP contribution in [0.15, 0.2) is 60.8 Å². The lowest BCUT2D eigenvalue weighted by Gasteiger charge is -2.27. The number of likely N-dealkylation sites (tertiary alicyclic amines) is 1. The van der Waals surface area contributed by atoms with Crippen LogP contribution >= 0.6 is 11.3 Å². The molecule has 6 rings (SSSR count). The molecule has 36 heavy (non-hydrogen) atoms. The molecule has 1 aliphatic carbocycles. The number of hydrogen-bond acceptors (Lipinski definition) is 7. The Morgan fingerprint density at radius 3 is 2.58 bits per heavy atom. The van der Waals surface area contributed by atoms with Crippen molar-refractivity contribution in [1.82, 2.24) is 14.9 Å². The van der Waals surface area contributed by atoms with Crippen LogP contribution in [0.4, 0.5) is 5.13 Å². The summed E-state index contributed by atoms with van der Waals surface area (Å²) in [6.45, 7) is 3.43. The molecule has 1 saturated carbocycles. The minimum Gasteiger partial charge on any atom is -0.457 e. The number of thiazole rings is 1. The molecule has 7 heteroatoms. The van der Waals surface area contributed by atoms with E-state index in [9.17, 15) is 5.11 Å². The van der Waals surface area contributed by atoms with E-state index in [0.29, 0.717) is 0 Å². The Balaban J connectivity index is 1.14. The smallest absolute Gasteiger partial charge is 0.184 e. The molecule has 2 fully saturated rings. The van der Waals surface area contributed by atoms with Gasteiger partial charge in [0.05, 0.1) is 28.1 Å². The number of rotatable bonds is 7. The second-order valence-electron chi connectivity index (χ2n) is 9.91. The van der Waals surface area contributed by atoms with Crippen molar-refractivity contribution in [3.05, 3.63) is 66.4 Å². The summed E-state index contributed by atoms with van der Waals surface area (Å²) in [6, 6.07) is 18.7. The second-order valence-corrected chi connectivity index (χ2v) is 10.9. The molecular weight excluding hydrogens is 468 g/mol. The molecule has 1 aliphatic heterocycles. The highest BCUT2D eigenvalue weighted by molar-refractivity contribution is 7.22. The Bertz CT molecular complexity index is 1320. The van der Waals surface area contributed by atoms with Crippen LogP contribution in [0.3, 0.4) is 0 Å². The van der Waals surface area contributed by atoms with Gasteiger partial charge in [0, 0.05) is 30.4 Å². The molecule has 2 aromatic carbocycles.